The molecular formula is C10H18N2O2. The molecule has 1 rings (SSSR count). The Hall–Kier alpha value is -0.900. The first-order valence-electron chi connectivity index (χ1n) is 5.09. The number of carbonyl (C=O) groups excluding carboxylic acids is 2. The summed E-state index contributed by atoms with van der Waals surface area (Å²) in [5.74, 6) is -0.808. The summed E-state index contributed by atoms with van der Waals surface area (Å²) >= 11 is 0. The maximum Gasteiger partial charge on any atom is 0.290 e. The van der Waals surface area contributed by atoms with Gasteiger partial charge in [0.25, 0.3) is 5.91 Å². The van der Waals surface area contributed by atoms with E-state index in [9.17, 15) is 9.59 Å². The third kappa shape index (κ3) is 2.32. The molecule has 0 unspecified atom stereocenters. The van der Waals surface area contributed by atoms with E-state index in [2.05, 4.69) is 5.32 Å². The molecule has 14 heavy (non-hydrogen) atoms. The van der Waals surface area contributed by atoms with Crippen LogP contribution in [0, 0.1) is 5.92 Å². The van der Waals surface area contributed by atoms with Crippen molar-refractivity contribution in [2.75, 3.05) is 19.6 Å². The van der Waals surface area contributed by atoms with Crippen LogP contribution in [0.25, 0.3) is 0 Å². The lowest BCUT2D eigenvalue weighted by Crippen LogP contribution is -2.54. The van der Waals surface area contributed by atoms with Gasteiger partial charge in [-0.15, -0.1) is 0 Å². The first-order chi connectivity index (χ1) is 6.54. The van der Waals surface area contributed by atoms with Gasteiger partial charge in [-0.05, 0) is 6.92 Å². The van der Waals surface area contributed by atoms with Gasteiger partial charge in [-0.2, -0.15) is 0 Å². The first kappa shape index (κ1) is 11.2. The molecular weight excluding hydrogens is 180 g/mol. The van der Waals surface area contributed by atoms with E-state index < -0.39 is 0 Å². The number of nitrogens with one attached hydrogen (secondary N) is 1. The van der Waals surface area contributed by atoms with Crippen molar-refractivity contribution >= 4 is 11.7 Å². The average molecular weight is 198 g/mol. The molecule has 1 aliphatic rings. The topological polar surface area (TPSA) is 49.4 Å². The molecule has 0 aromatic heterocycles. The van der Waals surface area contributed by atoms with Crippen LogP contribution in [0.5, 0.6) is 0 Å². The van der Waals surface area contributed by atoms with Gasteiger partial charge in [0.1, 0.15) is 0 Å². The Morgan fingerprint density at radius 3 is 2.57 bits per heavy atom. The number of nitrogens with zero attached hydrogens (tertiary/aromatic N) is 1. The van der Waals surface area contributed by atoms with Crippen LogP contribution >= 0.6 is 0 Å². The van der Waals surface area contributed by atoms with E-state index in [0.29, 0.717) is 6.54 Å². The van der Waals surface area contributed by atoms with Gasteiger partial charge in [-0.1, -0.05) is 13.8 Å². The van der Waals surface area contributed by atoms with Gasteiger partial charge in [0.15, 0.2) is 0 Å². The predicted octanol–water partition coefficient (Wildman–Crippen LogP) is 0.0318. The van der Waals surface area contributed by atoms with Crippen LogP contribution in [0.4, 0.5) is 0 Å². The van der Waals surface area contributed by atoms with E-state index in [1.54, 1.807) is 18.7 Å². The molecule has 0 bridgehead atoms. The molecule has 0 spiro atoms. The number of ketones is 1. The second-order valence-electron chi connectivity index (χ2n) is 4.07. The van der Waals surface area contributed by atoms with Gasteiger partial charge in [0, 0.05) is 31.6 Å². The zero-order chi connectivity index (χ0) is 10.7. The standard InChI is InChI=1S/C10H18N2O2/c1-7(2)9(13)10(14)12-5-4-11-6-8(12)3/h7-8,11H,4-6H2,1-3H3/t8-/m1/s1. The second-order valence-corrected chi connectivity index (χ2v) is 4.07. The van der Waals surface area contributed by atoms with Gasteiger partial charge in [-0.25, -0.2) is 0 Å². The Balaban J connectivity index is 2.63. The average Bonchev–Trinajstić information content (AvgIpc) is 2.16. The number of hydrogen-bond acceptors (Lipinski definition) is 3. The molecule has 4 nitrogen and oxygen atoms in total. The van der Waals surface area contributed by atoms with E-state index in [1.807, 2.05) is 6.92 Å². The summed E-state index contributed by atoms with van der Waals surface area (Å²) in [5, 5.41) is 3.18. The molecule has 1 aliphatic heterocycles. The molecule has 1 N–H and O–H groups in total. The number of amides is 1. The normalized spacial score (nSPS) is 22.6. The summed E-state index contributed by atoms with van der Waals surface area (Å²) in [6.45, 7) is 7.66. The minimum absolute atomic E-state index is 0.124. The molecule has 0 aromatic rings. The van der Waals surface area contributed by atoms with Crippen LogP contribution < -0.4 is 5.32 Å². The van der Waals surface area contributed by atoms with E-state index >= 15 is 0 Å². The largest absolute Gasteiger partial charge is 0.331 e. The van der Waals surface area contributed by atoms with Gasteiger partial charge in [0.05, 0.1) is 0 Å². The smallest absolute Gasteiger partial charge is 0.290 e. The Morgan fingerprint density at radius 1 is 1.43 bits per heavy atom. The zero-order valence-electron chi connectivity index (χ0n) is 9.04. The van der Waals surface area contributed by atoms with E-state index in [1.165, 1.54) is 0 Å². The van der Waals surface area contributed by atoms with Crippen molar-refractivity contribution in [2.45, 2.75) is 26.8 Å². The molecule has 4 heteroatoms. The Kier molecular flexibility index (Phi) is 3.63. The minimum atomic E-state index is -0.325. The number of carbonyl (C=O) groups is 2. The first-order valence-corrected chi connectivity index (χ1v) is 5.09. The highest BCUT2D eigenvalue weighted by Gasteiger charge is 2.28. The number of piperazine rings is 1. The summed E-state index contributed by atoms with van der Waals surface area (Å²) in [6, 6.07) is 0.124. The summed E-state index contributed by atoms with van der Waals surface area (Å²) in [4.78, 5) is 24.8. The number of rotatable bonds is 2. The van der Waals surface area contributed by atoms with Crippen molar-refractivity contribution in [3.8, 4) is 0 Å². The van der Waals surface area contributed by atoms with Crippen molar-refractivity contribution in [3.05, 3.63) is 0 Å². The van der Waals surface area contributed by atoms with Gasteiger partial charge in [-0.3, -0.25) is 9.59 Å². The second kappa shape index (κ2) is 4.55. The van der Waals surface area contributed by atoms with Gasteiger partial charge < -0.3 is 10.2 Å². The highest BCUT2D eigenvalue weighted by atomic mass is 16.2. The summed E-state index contributed by atoms with van der Waals surface area (Å²) < 4.78 is 0. The third-order valence-corrected chi connectivity index (χ3v) is 2.50. The monoisotopic (exact) mass is 198 g/mol. The fourth-order valence-corrected chi connectivity index (χ4v) is 1.53. The molecule has 80 valence electrons. The number of hydrogen-bond donors (Lipinski definition) is 1. The molecule has 1 heterocycles. The molecule has 0 radical (unpaired) electrons. The summed E-state index contributed by atoms with van der Waals surface area (Å²) in [6.07, 6.45) is 0. The molecule has 1 atom stereocenters. The maximum atomic E-state index is 11.7. The minimum Gasteiger partial charge on any atom is -0.331 e. The SMILES string of the molecule is CC(C)C(=O)C(=O)N1CCNC[C@H]1C. The molecule has 0 aromatic carbocycles. The van der Waals surface area contributed by atoms with Crippen molar-refractivity contribution in [3.63, 3.8) is 0 Å². The van der Waals surface area contributed by atoms with Crippen LogP contribution in [0.1, 0.15) is 20.8 Å². The molecule has 0 saturated carbocycles. The lowest BCUT2D eigenvalue weighted by molar-refractivity contribution is -0.148. The molecule has 1 amide bonds. The Bertz CT molecular complexity index is 238. The molecule has 0 aliphatic carbocycles. The lowest BCUT2D eigenvalue weighted by Gasteiger charge is -2.33. The van der Waals surface area contributed by atoms with Crippen LogP contribution in [-0.4, -0.2) is 42.3 Å². The summed E-state index contributed by atoms with van der Waals surface area (Å²) in [7, 11) is 0. The fourth-order valence-electron chi connectivity index (χ4n) is 1.53. The molecule has 1 saturated heterocycles. The molecule has 1 fully saturated rings. The van der Waals surface area contributed by atoms with E-state index in [0.717, 1.165) is 13.1 Å². The van der Waals surface area contributed by atoms with Crippen molar-refractivity contribution in [1.82, 2.24) is 10.2 Å². The highest BCUT2D eigenvalue weighted by molar-refractivity contribution is 6.36. The fraction of sp³-hybridized carbons (Fsp3) is 0.800. The maximum absolute atomic E-state index is 11.7. The van der Waals surface area contributed by atoms with Crippen LogP contribution in [0.2, 0.25) is 0 Å². The quantitative estimate of drug-likeness (QED) is 0.637. The van der Waals surface area contributed by atoms with Crippen molar-refractivity contribution in [2.24, 2.45) is 5.92 Å². The predicted molar refractivity (Wildman–Crippen MR) is 53.9 cm³/mol. The third-order valence-electron chi connectivity index (χ3n) is 2.50. The lowest BCUT2D eigenvalue weighted by atomic mass is 10.1. The van der Waals surface area contributed by atoms with Crippen LogP contribution in [0.15, 0.2) is 0 Å². The van der Waals surface area contributed by atoms with E-state index in [-0.39, 0.29) is 23.7 Å². The van der Waals surface area contributed by atoms with Crippen molar-refractivity contribution < 1.29 is 9.59 Å². The Morgan fingerprint density at radius 2 is 2.07 bits per heavy atom. The summed E-state index contributed by atoms with van der Waals surface area (Å²) in [5.41, 5.74) is 0. The van der Waals surface area contributed by atoms with Crippen LogP contribution in [-0.2, 0) is 9.59 Å². The van der Waals surface area contributed by atoms with Gasteiger partial charge >= 0.3 is 0 Å². The highest BCUT2D eigenvalue weighted by Crippen LogP contribution is 2.06. The number of Topliss-reactive ketones (excluding diaryl/α,β-unsaturated/α-hetero) is 1. The van der Waals surface area contributed by atoms with E-state index in [4.69, 9.17) is 0 Å². The van der Waals surface area contributed by atoms with Gasteiger partial charge in [0.2, 0.25) is 5.78 Å². The van der Waals surface area contributed by atoms with Crippen LogP contribution in [0.3, 0.4) is 0 Å². The Labute approximate surface area is 84.7 Å². The zero-order valence-corrected chi connectivity index (χ0v) is 9.04. The van der Waals surface area contributed by atoms with Crippen molar-refractivity contribution in [1.29, 1.82) is 0 Å².